The Morgan fingerprint density at radius 2 is 1.24 bits per heavy atom. The van der Waals surface area contributed by atoms with Gasteiger partial charge in [0, 0.05) is 11.8 Å². The number of esters is 3. The Morgan fingerprint density at radius 3 is 1.76 bits per heavy atom. The zero-order valence-electron chi connectivity index (χ0n) is 23.4. The van der Waals surface area contributed by atoms with Gasteiger partial charge >= 0.3 is 33.5 Å². The minimum Gasteiger partial charge on any atom is -0.462 e. The van der Waals surface area contributed by atoms with Gasteiger partial charge < -0.3 is 18.9 Å². The van der Waals surface area contributed by atoms with E-state index in [4.69, 9.17) is 18.9 Å². The first-order valence-corrected chi connectivity index (χ1v) is 15.2. The standard InChI is InChI=1S/C31H27F3O10S/c32-31(33,34)45(38,39)42-18-24-23(16-17-40-27(35)20-10-4-1-5-11-20)25(43-29(37)22-14-8-3-9-15-22)26-30(24,44-26)19-41-28(36)21-12-6-2-7-13-21/h1-15,23-26H,16-19H2/t23-,24+,25+,26+,30-/m1/s1. The van der Waals surface area contributed by atoms with Gasteiger partial charge in [0.2, 0.25) is 0 Å². The van der Waals surface area contributed by atoms with E-state index in [-0.39, 0.29) is 29.7 Å². The Kier molecular flexibility index (Phi) is 9.28. The molecule has 0 amide bonds. The average Bonchev–Trinajstić information content (AvgIpc) is 3.71. The van der Waals surface area contributed by atoms with Crippen molar-refractivity contribution in [2.75, 3.05) is 19.8 Å². The van der Waals surface area contributed by atoms with E-state index in [9.17, 15) is 36.0 Å². The predicted molar refractivity (Wildman–Crippen MR) is 149 cm³/mol. The predicted octanol–water partition coefficient (Wildman–Crippen LogP) is 4.57. The summed E-state index contributed by atoms with van der Waals surface area (Å²) >= 11 is 0. The number of carbonyl (C=O) groups is 3. The summed E-state index contributed by atoms with van der Waals surface area (Å²) in [4.78, 5) is 38.3. The lowest BCUT2D eigenvalue weighted by Crippen LogP contribution is -2.39. The largest absolute Gasteiger partial charge is 0.523 e. The van der Waals surface area contributed by atoms with E-state index in [1.54, 1.807) is 54.6 Å². The van der Waals surface area contributed by atoms with Crippen molar-refractivity contribution >= 4 is 28.0 Å². The number of rotatable bonds is 12. The van der Waals surface area contributed by atoms with Gasteiger partial charge in [-0.15, -0.1) is 0 Å². The number of hydrogen-bond acceptors (Lipinski definition) is 10. The van der Waals surface area contributed by atoms with Gasteiger partial charge in [-0.1, -0.05) is 54.6 Å². The molecule has 3 aromatic carbocycles. The van der Waals surface area contributed by atoms with Crippen LogP contribution in [0.3, 0.4) is 0 Å². The van der Waals surface area contributed by atoms with Crippen LogP contribution >= 0.6 is 0 Å². The summed E-state index contributed by atoms with van der Waals surface area (Å²) in [6.45, 7) is -1.82. The van der Waals surface area contributed by atoms with Gasteiger partial charge in [-0.2, -0.15) is 21.6 Å². The molecule has 238 valence electrons. The molecule has 2 aliphatic rings. The molecule has 45 heavy (non-hydrogen) atoms. The van der Waals surface area contributed by atoms with Crippen LogP contribution in [0.25, 0.3) is 0 Å². The van der Waals surface area contributed by atoms with E-state index in [0.29, 0.717) is 0 Å². The molecular weight excluding hydrogens is 621 g/mol. The Hall–Kier alpha value is -4.27. The molecule has 0 N–H and O–H groups in total. The van der Waals surface area contributed by atoms with Gasteiger partial charge in [0.25, 0.3) is 0 Å². The van der Waals surface area contributed by atoms with Crippen molar-refractivity contribution in [3.8, 4) is 0 Å². The van der Waals surface area contributed by atoms with E-state index in [2.05, 4.69) is 4.18 Å². The number of fused-ring (bicyclic) bond motifs is 1. The minimum absolute atomic E-state index is 0.0837. The average molecular weight is 649 g/mol. The molecule has 1 heterocycles. The van der Waals surface area contributed by atoms with E-state index in [1.807, 2.05) is 0 Å². The zero-order valence-corrected chi connectivity index (χ0v) is 24.2. The van der Waals surface area contributed by atoms with Crippen molar-refractivity contribution < 1.29 is 59.1 Å². The van der Waals surface area contributed by atoms with E-state index < -0.39 is 76.4 Å². The van der Waals surface area contributed by atoms with Crippen LogP contribution in [0.1, 0.15) is 37.5 Å². The maximum atomic E-state index is 13.2. The molecule has 5 rings (SSSR count). The van der Waals surface area contributed by atoms with Crippen LogP contribution in [-0.4, -0.2) is 69.5 Å². The number of alkyl halides is 3. The molecule has 0 aromatic heterocycles. The van der Waals surface area contributed by atoms with Crippen LogP contribution in [0.5, 0.6) is 0 Å². The zero-order chi connectivity index (χ0) is 32.2. The molecule has 1 saturated carbocycles. The lowest BCUT2D eigenvalue weighted by atomic mass is 9.86. The van der Waals surface area contributed by atoms with Gasteiger partial charge in [0.15, 0.2) is 0 Å². The fourth-order valence-electron chi connectivity index (χ4n) is 5.44. The Balaban J connectivity index is 1.41. The number of epoxide rings is 1. The third-order valence-electron chi connectivity index (χ3n) is 7.71. The van der Waals surface area contributed by atoms with Crippen molar-refractivity contribution in [3.63, 3.8) is 0 Å². The Morgan fingerprint density at radius 1 is 0.756 bits per heavy atom. The van der Waals surface area contributed by atoms with E-state index >= 15 is 0 Å². The highest BCUT2D eigenvalue weighted by molar-refractivity contribution is 7.87. The fourth-order valence-corrected chi connectivity index (χ4v) is 5.90. The second-order valence-electron chi connectivity index (χ2n) is 10.4. The number of hydrogen-bond donors (Lipinski definition) is 0. The molecule has 2 fully saturated rings. The first-order valence-electron chi connectivity index (χ1n) is 13.8. The molecule has 14 heteroatoms. The summed E-state index contributed by atoms with van der Waals surface area (Å²) in [5, 5.41) is 0. The van der Waals surface area contributed by atoms with Crippen LogP contribution in [0.15, 0.2) is 91.0 Å². The van der Waals surface area contributed by atoms with E-state index in [1.165, 1.54) is 36.4 Å². The normalized spacial score (nSPS) is 23.9. The van der Waals surface area contributed by atoms with Gasteiger partial charge in [-0.25, -0.2) is 14.4 Å². The highest BCUT2D eigenvalue weighted by Crippen LogP contribution is 2.59. The molecule has 1 saturated heterocycles. The molecular formula is C31H27F3O10S. The number of benzene rings is 3. The van der Waals surface area contributed by atoms with Crippen molar-refractivity contribution in [2.24, 2.45) is 11.8 Å². The number of carbonyl (C=O) groups excluding carboxylic acids is 3. The summed E-state index contributed by atoms with van der Waals surface area (Å²) in [6.07, 6.45) is -2.23. The summed E-state index contributed by atoms with van der Waals surface area (Å²) in [5.41, 5.74) is -6.65. The molecule has 0 bridgehead atoms. The Labute approximate surface area is 256 Å². The highest BCUT2D eigenvalue weighted by atomic mass is 32.2. The molecule has 0 radical (unpaired) electrons. The second kappa shape index (κ2) is 13.0. The van der Waals surface area contributed by atoms with Crippen molar-refractivity contribution in [2.45, 2.75) is 29.7 Å². The summed E-state index contributed by atoms with van der Waals surface area (Å²) in [7, 11) is -6.02. The van der Waals surface area contributed by atoms with Crippen LogP contribution in [0.2, 0.25) is 0 Å². The monoisotopic (exact) mass is 648 g/mol. The molecule has 0 spiro atoms. The van der Waals surface area contributed by atoms with Crippen molar-refractivity contribution in [1.29, 1.82) is 0 Å². The van der Waals surface area contributed by atoms with Crippen LogP contribution in [-0.2, 0) is 33.2 Å². The molecule has 10 nitrogen and oxygen atoms in total. The topological polar surface area (TPSA) is 135 Å². The number of ether oxygens (including phenoxy) is 4. The maximum Gasteiger partial charge on any atom is 0.523 e. The van der Waals surface area contributed by atoms with E-state index in [0.717, 1.165) is 0 Å². The maximum absolute atomic E-state index is 13.2. The lowest BCUT2D eigenvalue weighted by Gasteiger charge is -2.30. The molecule has 1 aliphatic carbocycles. The minimum atomic E-state index is -6.02. The smallest absolute Gasteiger partial charge is 0.462 e. The van der Waals surface area contributed by atoms with Gasteiger partial charge in [0.1, 0.15) is 24.4 Å². The quantitative estimate of drug-likeness (QED) is 0.0904. The van der Waals surface area contributed by atoms with Gasteiger partial charge in [-0.3, -0.25) is 4.18 Å². The SMILES string of the molecule is O=C(OCC[C@H]1[C@H](OC(=O)c2ccccc2)[C@@H]2O[C@]2(COC(=O)c2ccccc2)[C@H]1COS(=O)(=O)C(F)(F)F)c1ccccc1. The first-order chi connectivity index (χ1) is 21.4. The third-order valence-corrected chi connectivity index (χ3v) is 8.72. The van der Waals surface area contributed by atoms with Crippen LogP contribution in [0.4, 0.5) is 13.2 Å². The van der Waals surface area contributed by atoms with Gasteiger partial charge in [-0.05, 0) is 42.8 Å². The van der Waals surface area contributed by atoms with Crippen LogP contribution < -0.4 is 0 Å². The molecule has 5 atom stereocenters. The van der Waals surface area contributed by atoms with Crippen molar-refractivity contribution in [1.82, 2.24) is 0 Å². The van der Waals surface area contributed by atoms with Crippen LogP contribution in [0, 0.1) is 11.8 Å². The highest BCUT2D eigenvalue weighted by Gasteiger charge is 2.75. The summed E-state index contributed by atoms with van der Waals surface area (Å²) in [5.74, 6) is -4.35. The number of halogens is 3. The first kappa shape index (κ1) is 32.1. The molecule has 3 aromatic rings. The lowest BCUT2D eigenvalue weighted by molar-refractivity contribution is -0.0614. The molecule has 0 unspecified atom stereocenters. The fraction of sp³-hybridized carbons (Fsp3) is 0.323. The third kappa shape index (κ3) is 7.02. The molecule has 1 aliphatic heterocycles. The Bertz CT molecular complexity index is 1620. The van der Waals surface area contributed by atoms with Crippen molar-refractivity contribution in [3.05, 3.63) is 108 Å². The van der Waals surface area contributed by atoms with Gasteiger partial charge in [0.05, 0.1) is 29.9 Å². The summed E-state index contributed by atoms with van der Waals surface area (Å²) in [6, 6.07) is 23.8. The second-order valence-corrected chi connectivity index (χ2v) is 12.0. The summed E-state index contributed by atoms with van der Waals surface area (Å²) < 4.78 is 90.2.